The average Bonchev–Trinajstić information content (AvgIpc) is 3.02. The van der Waals surface area contributed by atoms with Crippen LogP contribution in [0.3, 0.4) is 0 Å². The fraction of sp³-hybridized carbons (Fsp3) is 0.105. The minimum atomic E-state index is -0.442. The zero-order valence-corrected chi connectivity index (χ0v) is 14.6. The highest BCUT2D eigenvalue weighted by atomic mass is 32.1. The molecule has 1 N–H and O–H groups in total. The molecule has 0 radical (unpaired) electrons. The van der Waals surface area contributed by atoms with Gasteiger partial charge in [-0.25, -0.2) is 0 Å². The first-order valence-electron chi connectivity index (χ1n) is 7.95. The van der Waals surface area contributed by atoms with E-state index in [1.54, 1.807) is 12.1 Å². The highest BCUT2D eigenvalue weighted by Crippen LogP contribution is 2.41. The molecule has 7 heteroatoms. The first kappa shape index (κ1) is 16.3. The highest BCUT2D eigenvalue weighted by Gasteiger charge is 2.27. The predicted octanol–water partition coefficient (Wildman–Crippen LogP) is 4.22. The third-order valence-corrected chi connectivity index (χ3v) is 5.18. The van der Waals surface area contributed by atoms with E-state index in [0.29, 0.717) is 17.2 Å². The van der Waals surface area contributed by atoms with E-state index >= 15 is 0 Å². The van der Waals surface area contributed by atoms with Gasteiger partial charge in [0.05, 0.1) is 9.80 Å². The second kappa shape index (κ2) is 6.27. The van der Waals surface area contributed by atoms with Crippen molar-refractivity contribution in [3.8, 4) is 5.88 Å². The second-order valence-corrected chi connectivity index (χ2v) is 7.05. The van der Waals surface area contributed by atoms with Crippen LogP contribution in [0.5, 0.6) is 5.88 Å². The van der Waals surface area contributed by atoms with Crippen LogP contribution in [0, 0.1) is 17.0 Å². The summed E-state index contributed by atoms with van der Waals surface area (Å²) < 4.78 is 5.84. The number of nitrogens with one attached hydrogen (secondary N) is 1. The molecule has 0 saturated carbocycles. The molecule has 1 atom stereocenters. The summed E-state index contributed by atoms with van der Waals surface area (Å²) in [6, 6.07) is 14.3. The Bertz CT molecular complexity index is 1080. The largest absolute Gasteiger partial charge is 0.439 e. The number of hydrogen-bond donors (Lipinski definition) is 1. The van der Waals surface area contributed by atoms with Crippen molar-refractivity contribution in [2.45, 2.75) is 12.8 Å². The minimum absolute atomic E-state index is 0.0107. The maximum Gasteiger partial charge on any atom is 0.307 e. The van der Waals surface area contributed by atoms with Crippen LogP contribution in [0.4, 0.5) is 5.69 Å². The maximum atomic E-state index is 11.8. The SMILES string of the molecule is Cc1ccc(C2C=C(c3cccc([N+](=O)[O-])c3)Oc3[nH]c(=O)sc32)cc1. The molecule has 0 aliphatic carbocycles. The van der Waals surface area contributed by atoms with Crippen molar-refractivity contribution in [1.82, 2.24) is 4.98 Å². The lowest BCUT2D eigenvalue weighted by atomic mass is 9.93. The molecule has 26 heavy (non-hydrogen) atoms. The molecule has 1 aromatic heterocycles. The summed E-state index contributed by atoms with van der Waals surface area (Å²) >= 11 is 1.11. The van der Waals surface area contributed by atoms with Gasteiger partial charge in [0.15, 0.2) is 0 Å². The summed E-state index contributed by atoms with van der Waals surface area (Å²) in [7, 11) is 0. The fourth-order valence-electron chi connectivity index (χ4n) is 2.93. The molecule has 2 aromatic carbocycles. The van der Waals surface area contributed by atoms with Crippen molar-refractivity contribution in [2.75, 3.05) is 0 Å². The molecular weight excluding hydrogens is 352 g/mol. The van der Waals surface area contributed by atoms with Gasteiger partial charge >= 0.3 is 4.87 Å². The van der Waals surface area contributed by atoms with Crippen LogP contribution < -0.4 is 9.61 Å². The number of ether oxygens (including phenoxy) is 1. The molecule has 0 amide bonds. The number of hydrogen-bond acceptors (Lipinski definition) is 5. The Labute approximate surface area is 152 Å². The lowest BCUT2D eigenvalue weighted by Crippen LogP contribution is -2.09. The Kier molecular flexibility index (Phi) is 3.93. The molecule has 0 bridgehead atoms. The van der Waals surface area contributed by atoms with Crippen molar-refractivity contribution in [2.24, 2.45) is 0 Å². The van der Waals surface area contributed by atoms with E-state index in [9.17, 15) is 14.9 Å². The van der Waals surface area contributed by atoms with Gasteiger partial charge in [-0.15, -0.1) is 0 Å². The van der Waals surface area contributed by atoms with Gasteiger partial charge in [0, 0.05) is 23.6 Å². The third kappa shape index (κ3) is 2.93. The van der Waals surface area contributed by atoms with Crippen molar-refractivity contribution < 1.29 is 9.66 Å². The van der Waals surface area contributed by atoms with E-state index in [0.717, 1.165) is 27.3 Å². The monoisotopic (exact) mass is 366 g/mol. The van der Waals surface area contributed by atoms with E-state index in [4.69, 9.17) is 4.74 Å². The number of thiazole rings is 1. The molecule has 1 aliphatic rings. The van der Waals surface area contributed by atoms with Crippen molar-refractivity contribution in [1.29, 1.82) is 0 Å². The molecule has 2 heterocycles. The fourth-order valence-corrected chi connectivity index (χ4v) is 3.79. The molecule has 0 spiro atoms. The third-order valence-electron chi connectivity index (χ3n) is 4.23. The van der Waals surface area contributed by atoms with Crippen LogP contribution in [0.2, 0.25) is 0 Å². The Morgan fingerprint density at radius 1 is 1.19 bits per heavy atom. The first-order chi connectivity index (χ1) is 12.5. The van der Waals surface area contributed by atoms with Gasteiger partial charge in [0.1, 0.15) is 5.76 Å². The number of fused-ring (bicyclic) bond motifs is 1. The van der Waals surface area contributed by atoms with Gasteiger partial charge in [-0.1, -0.05) is 53.3 Å². The Balaban J connectivity index is 1.83. The van der Waals surface area contributed by atoms with Gasteiger partial charge in [-0.3, -0.25) is 19.9 Å². The molecule has 6 nitrogen and oxygen atoms in total. The summed E-state index contributed by atoms with van der Waals surface area (Å²) in [5, 5.41) is 11.1. The zero-order valence-electron chi connectivity index (χ0n) is 13.8. The van der Waals surface area contributed by atoms with E-state index < -0.39 is 4.92 Å². The molecule has 130 valence electrons. The number of nitrogens with zero attached hydrogens (tertiary/aromatic N) is 1. The number of aromatic amines is 1. The Morgan fingerprint density at radius 3 is 2.69 bits per heavy atom. The number of nitro benzene ring substituents is 1. The molecule has 3 aromatic rings. The lowest BCUT2D eigenvalue weighted by molar-refractivity contribution is -0.384. The molecule has 4 rings (SSSR count). The van der Waals surface area contributed by atoms with Crippen LogP contribution >= 0.6 is 11.3 Å². The number of aryl methyl sites for hydroxylation is 1. The van der Waals surface area contributed by atoms with E-state index in [1.165, 1.54) is 12.1 Å². The number of H-pyrrole nitrogens is 1. The van der Waals surface area contributed by atoms with Crippen LogP contribution in [0.1, 0.15) is 27.5 Å². The lowest BCUT2D eigenvalue weighted by Gasteiger charge is -2.22. The number of aromatic nitrogens is 1. The van der Waals surface area contributed by atoms with Gasteiger partial charge in [0.25, 0.3) is 5.69 Å². The standard InChI is InChI=1S/C19H14N2O4S/c1-11-5-7-12(8-6-11)15-10-16(25-18-17(15)26-19(22)20-18)13-3-2-4-14(9-13)21(23)24/h2-10,15H,1H3,(H,20,22). The first-order valence-corrected chi connectivity index (χ1v) is 8.77. The van der Waals surface area contributed by atoms with E-state index in [2.05, 4.69) is 4.98 Å². The minimum Gasteiger partial charge on any atom is -0.439 e. The van der Waals surface area contributed by atoms with Gasteiger partial charge < -0.3 is 4.74 Å². The highest BCUT2D eigenvalue weighted by molar-refractivity contribution is 7.09. The van der Waals surface area contributed by atoms with Gasteiger partial charge in [-0.2, -0.15) is 0 Å². The summed E-state index contributed by atoms with van der Waals surface area (Å²) in [5.41, 5.74) is 2.75. The predicted molar refractivity (Wildman–Crippen MR) is 99.7 cm³/mol. The smallest absolute Gasteiger partial charge is 0.307 e. The summed E-state index contributed by atoms with van der Waals surface area (Å²) in [6.07, 6.45) is 1.90. The number of allylic oxidation sites excluding steroid dienone is 1. The zero-order chi connectivity index (χ0) is 18.3. The normalized spacial score (nSPS) is 15.7. The summed E-state index contributed by atoms with van der Waals surface area (Å²) in [6.45, 7) is 2.01. The Hall–Kier alpha value is -3.19. The number of rotatable bonds is 3. The van der Waals surface area contributed by atoms with Gasteiger partial charge in [-0.05, 0) is 18.6 Å². The number of benzene rings is 2. The molecule has 1 aliphatic heterocycles. The van der Waals surface area contributed by atoms with Crippen molar-refractivity contribution in [3.63, 3.8) is 0 Å². The molecule has 0 fully saturated rings. The van der Waals surface area contributed by atoms with Gasteiger partial charge in [0.2, 0.25) is 5.88 Å². The maximum absolute atomic E-state index is 11.8. The van der Waals surface area contributed by atoms with E-state index in [1.807, 2.05) is 37.3 Å². The van der Waals surface area contributed by atoms with Crippen LogP contribution in [0.25, 0.3) is 5.76 Å². The summed E-state index contributed by atoms with van der Waals surface area (Å²) in [4.78, 5) is 25.8. The Morgan fingerprint density at radius 2 is 1.96 bits per heavy atom. The molecule has 1 unspecified atom stereocenters. The molecular formula is C19H14N2O4S. The van der Waals surface area contributed by atoms with Crippen LogP contribution in [-0.2, 0) is 0 Å². The second-order valence-electron chi connectivity index (χ2n) is 6.04. The average molecular weight is 366 g/mol. The van der Waals surface area contributed by atoms with Crippen molar-refractivity contribution in [3.05, 3.63) is 96.0 Å². The number of non-ortho nitro benzene ring substituents is 1. The van der Waals surface area contributed by atoms with Crippen LogP contribution in [-0.4, -0.2) is 9.91 Å². The summed E-state index contributed by atoms with van der Waals surface area (Å²) in [5.74, 6) is 0.730. The number of nitro groups is 1. The van der Waals surface area contributed by atoms with E-state index in [-0.39, 0.29) is 16.5 Å². The molecule has 0 saturated heterocycles. The van der Waals surface area contributed by atoms with Crippen molar-refractivity contribution >= 4 is 22.8 Å². The van der Waals surface area contributed by atoms with Crippen LogP contribution in [0.15, 0.2) is 59.4 Å². The quantitative estimate of drug-likeness (QED) is 0.555. The topological polar surface area (TPSA) is 85.2 Å².